The van der Waals surface area contributed by atoms with Crippen molar-refractivity contribution in [2.75, 3.05) is 13.2 Å². The van der Waals surface area contributed by atoms with Crippen molar-refractivity contribution in [2.24, 2.45) is 0 Å². The summed E-state index contributed by atoms with van der Waals surface area (Å²) in [7, 11) is 0. The molecule has 6 N–H and O–H groups in total. The van der Waals surface area contributed by atoms with Gasteiger partial charge in [0.15, 0.2) is 6.29 Å². The lowest BCUT2D eigenvalue weighted by atomic mass is 9.99. The first-order valence-electron chi connectivity index (χ1n) is 32.7. The van der Waals surface area contributed by atoms with E-state index in [4.69, 9.17) is 9.47 Å². The number of nitrogens with one attached hydrogen (secondary N) is 1. The molecule has 0 aromatic rings. The summed E-state index contributed by atoms with van der Waals surface area (Å²) < 4.78 is 11.3. The van der Waals surface area contributed by atoms with Crippen molar-refractivity contribution in [1.29, 1.82) is 0 Å². The van der Waals surface area contributed by atoms with E-state index in [1.54, 1.807) is 6.08 Å². The minimum atomic E-state index is -1.57. The zero-order chi connectivity index (χ0) is 54.3. The Balaban J connectivity index is 2.17. The molecule has 1 amide bonds. The van der Waals surface area contributed by atoms with E-state index in [9.17, 15) is 30.3 Å². The molecule has 75 heavy (non-hydrogen) atoms. The van der Waals surface area contributed by atoms with Gasteiger partial charge in [-0.15, -0.1) is 0 Å². The van der Waals surface area contributed by atoms with E-state index in [2.05, 4.69) is 43.5 Å². The van der Waals surface area contributed by atoms with Crippen LogP contribution in [0.4, 0.5) is 0 Å². The highest BCUT2D eigenvalue weighted by atomic mass is 16.7. The highest BCUT2D eigenvalue weighted by Crippen LogP contribution is 2.23. The number of aliphatic hydroxyl groups is 5. The Morgan fingerprint density at radius 3 is 1.12 bits per heavy atom. The summed E-state index contributed by atoms with van der Waals surface area (Å²) in [6, 6.07) is -0.827. The molecule has 0 aliphatic carbocycles. The smallest absolute Gasteiger partial charge is 0.220 e. The molecule has 1 fully saturated rings. The predicted octanol–water partition coefficient (Wildman–Crippen LogP) is 17.1. The van der Waals surface area contributed by atoms with Gasteiger partial charge in [0.25, 0.3) is 0 Å². The molecular weight excluding hydrogens is 935 g/mol. The number of hydrogen-bond donors (Lipinski definition) is 6. The average molecular weight is 1060 g/mol. The van der Waals surface area contributed by atoms with E-state index < -0.39 is 49.5 Å². The van der Waals surface area contributed by atoms with E-state index in [0.717, 1.165) is 44.9 Å². The molecule has 1 aliphatic heterocycles. The van der Waals surface area contributed by atoms with Crippen molar-refractivity contribution in [3.63, 3.8) is 0 Å². The number of aliphatic hydroxyl groups excluding tert-OH is 5. The van der Waals surface area contributed by atoms with Crippen molar-refractivity contribution >= 4 is 5.91 Å². The maximum absolute atomic E-state index is 13.1. The van der Waals surface area contributed by atoms with Crippen LogP contribution in [0.1, 0.15) is 322 Å². The molecule has 7 atom stereocenters. The SMILES string of the molecule is CCCCCCCCCCCCCC/C=C/CC/C=C/CC/C=C/C(O)C(COC1OC(CO)C(O)C(O)C1O)NC(=O)CCCCCCCCCCCCCCCCCCCCCCCCCCCCCCCC. The number of carbonyl (C=O) groups is 1. The Labute approximate surface area is 463 Å². The Bertz CT molecular complexity index is 1270. The maximum Gasteiger partial charge on any atom is 0.220 e. The van der Waals surface area contributed by atoms with Crippen LogP contribution in [0.15, 0.2) is 36.5 Å². The fraction of sp³-hybridized carbons (Fsp3) is 0.894. The van der Waals surface area contributed by atoms with Crippen LogP contribution in [0, 0.1) is 0 Å². The van der Waals surface area contributed by atoms with Gasteiger partial charge in [0.1, 0.15) is 24.4 Å². The summed E-state index contributed by atoms with van der Waals surface area (Å²) in [5.74, 6) is -0.184. The van der Waals surface area contributed by atoms with Gasteiger partial charge in [-0.1, -0.05) is 307 Å². The van der Waals surface area contributed by atoms with Crippen LogP contribution in [0.5, 0.6) is 0 Å². The number of ether oxygens (including phenoxy) is 2. The molecule has 0 saturated carbocycles. The predicted molar refractivity (Wildman–Crippen MR) is 318 cm³/mol. The van der Waals surface area contributed by atoms with Crippen molar-refractivity contribution < 1.29 is 39.8 Å². The monoisotopic (exact) mass is 1060 g/mol. The molecule has 1 aliphatic rings. The Kier molecular flexibility index (Phi) is 53.1. The third kappa shape index (κ3) is 44.9. The molecule has 0 aromatic heterocycles. The van der Waals surface area contributed by atoms with Crippen molar-refractivity contribution in [2.45, 2.75) is 365 Å². The van der Waals surface area contributed by atoms with Gasteiger partial charge in [0, 0.05) is 6.42 Å². The minimum Gasteiger partial charge on any atom is -0.394 e. The Hall–Kier alpha value is -1.59. The number of allylic oxidation sites excluding steroid dienone is 5. The van der Waals surface area contributed by atoms with Crippen LogP contribution >= 0.6 is 0 Å². The lowest BCUT2D eigenvalue weighted by Gasteiger charge is -2.40. The molecule has 0 aromatic carbocycles. The fourth-order valence-corrected chi connectivity index (χ4v) is 10.5. The second kappa shape index (κ2) is 55.7. The van der Waals surface area contributed by atoms with Gasteiger partial charge < -0.3 is 40.3 Å². The van der Waals surface area contributed by atoms with Crippen LogP contribution in [0.3, 0.4) is 0 Å². The Morgan fingerprint density at radius 1 is 0.440 bits per heavy atom. The first-order chi connectivity index (χ1) is 36.8. The van der Waals surface area contributed by atoms with E-state index >= 15 is 0 Å². The lowest BCUT2D eigenvalue weighted by molar-refractivity contribution is -0.302. The Morgan fingerprint density at radius 2 is 0.760 bits per heavy atom. The third-order valence-corrected chi connectivity index (χ3v) is 15.7. The van der Waals surface area contributed by atoms with Crippen LogP contribution < -0.4 is 5.32 Å². The second-order valence-corrected chi connectivity index (χ2v) is 22.9. The fourth-order valence-electron chi connectivity index (χ4n) is 10.5. The molecule has 7 unspecified atom stereocenters. The quantitative estimate of drug-likeness (QED) is 0.0261. The average Bonchev–Trinajstić information content (AvgIpc) is 3.41. The highest BCUT2D eigenvalue weighted by Gasteiger charge is 2.44. The molecule has 1 heterocycles. The van der Waals surface area contributed by atoms with Crippen molar-refractivity contribution in [3.05, 3.63) is 36.5 Å². The number of amides is 1. The number of hydrogen-bond acceptors (Lipinski definition) is 8. The lowest BCUT2D eigenvalue weighted by Crippen LogP contribution is -2.60. The molecule has 0 bridgehead atoms. The standard InChI is InChI=1S/C66H125NO8/c1-3-5-7-9-11-13-15-17-19-21-23-25-27-28-29-30-31-32-33-34-36-38-40-42-44-46-48-50-52-54-56-62(70)67-59(58-74-66-65(73)64(72)63(71)61(57-68)75-66)60(69)55-53-51-49-47-45-43-41-39-37-35-26-24-22-20-18-16-14-12-10-8-6-4-2/h37,39,45,47,53,55,59-61,63-66,68-69,71-73H,3-36,38,40-44,46,48-52,54,56-58H2,1-2H3,(H,67,70)/b39-37+,47-45+,55-53+. The highest BCUT2D eigenvalue weighted by molar-refractivity contribution is 5.76. The van der Waals surface area contributed by atoms with Gasteiger partial charge in [-0.3, -0.25) is 4.79 Å². The summed E-state index contributed by atoms with van der Waals surface area (Å²) in [5.41, 5.74) is 0. The number of carbonyl (C=O) groups excluding carboxylic acids is 1. The topological polar surface area (TPSA) is 149 Å². The largest absolute Gasteiger partial charge is 0.394 e. The zero-order valence-electron chi connectivity index (χ0n) is 49.3. The molecule has 1 rings (SSSR count). The maximum atomic E-state index is 13.1. The normalized spacial score (nSPS) is 19.1. The zero-order valence-corrected chi connectivity index (χ0v) is 49.3. The summed E-state index contributed by atoms with van der Waals surface area (Å²) in [4.78, 5) is 13.1. The van der Waals surface area contributed by atoms with Gasteiger partial charge in [-0.25, -0.2) is 0 Å². The van der Waals surface area contributed by atoms with E-state index in [0.29, 0.717) is 6.42 Å². The third-order valence-electron chi connectivity index (χ3n) is 15.7. The second-order valence-electron chi connectivity index (χ2n) is 22.9. The number of unbranched alkanes of at least 4 members (excludes halogenated alkanes) is 43. The molecule has 9 nitrogen and oxygen atoms in total. The summed E-state index contributed by atoms with van der Waals surface area (Å²) in [6.45, 7) is 3.80. The van der Waals surface area contributed by atoms with Crippen LogP contribution in [0.25, 0.3) is 0 Å². The molecule has 0 radical (unpaired) electrons. The van der Waals surface area contributed by atoms with Crippen molar-refractivity contribution in [1.82, 2.24) is 5.32 Å². The molecular formula is C66H125NO8. The van der Waals surface area contributed by atoms with E-state index in [1.807, 2.05) is 6.08 Å². The summed E-state index contributed by atoms with van der Waals surface area (Å²) >= 11 is 0. The van der Waals surface area contributed by atoms with Gasteiger partial charge >= 0.3 is 0 Å². The van der Waals surface area contributed by atoms with Gasteiger partial charge in [0.2, 0.25) is 5.91 Å². The van der Waals surface area contributed by atoms with Crippen LogP contribution in [-0.2, 0) is 14.3 Å². The molecule has 0 spiro atoms. The van der Waals surface area contributed by atoms with Crippen molar-refractivity contribution in [3.8, 4) is 0 Å². The first kappa shape index (κ1) is 71.4. The first-order valence-corrected chi connectivity index (χ1v) is 32.7. The number of rotatable bonds is 57. The summed E-state index contributed by atoms with van der Waals surface area (Å²) in [5, 5.41) is 54.6. The molecule has 442 valence electrons. The van der Waals surface area contributed by atoms with Gasteiger partial charge in [-0.05, 0) is 44.9 Å². The van der Waals surface area contributed by atoms with Crippen LogP contribution in [0.2, 0.25) is 0 Å². The van der Waals surface area contributed by atoms with E-state index in [-0.39, 0.29) is 12.5 Å². The molecule has 9 heteroatoms. The van der Waals surface area contributed by atoms with Gasteiger partial charge in [0.05, 0.1) is 25.4 Å². The van der Waals surface area contributed by atoms with Gasteiger partial charge in [-0.2, -0.15) is 0 Å². The van der Waals surface area contributed by atoms with Crippen LogP contribution in [-0.4, -0.2) is 87.5 Å². The van der Waals surface area contributed by atoms with E-state index in [1.165, 1.54) is 257 Å². The minimum absolute atomic E-state index is 0.184. The molecule has 1 saturated heterocycles. The summed E-state index contributed by atoms with van der Waals surface area (Å²) in [6.07, 6.45) is 66.7.